The minimum atomic E-state index is -3.55. The van der Waals surface area contributed by atoms with Crippen molar-refractivity contribution in [3.05, 3.63) is 12.3 Å². The van der Waals surface area contributed by atoms with E-state index in [9.17, 15) is 8.42 Å². The van der Waals surface area contributed by atoms with Crippen molar-refractivity contribution in [3.8, 4) is 0 Å². The predicted octanol–water partition coefficient (Wildman–Crippen LogP) is 0.973. The van der Waals surface area contributed by atoms with Crippen LogP contribution in [0.15, 0.2) is 17.3 Å². The molecule has 0 bridgehead atoms. The molecule has 2 N–H and O–H groups in total. The third-order valence-electron chi connectivity index (χ3n) is 2.70. The van der Waals surface area contributed by atoms with Gasteiger partial charge in [-0.3, -0.25) is 5.10 Å². The lowest BCUT2D eigenvalue weighted by atomic mass is 10.2. The van der Waals surface area contributed by atoms with Gasteiger partial charge in [-0.2, -0.15) is 9.40 Å². The maximum atomic E-state index is 12.2. The van der Waals surface area contributed by atoms with Gasteiger partial charge in [-0.25, -0.2) is 8.42 Å². The number of aromatic amines is 1. The van der Waals surface area contributed by atoms with Gasteiger partial charge in [-0.05, 0) is 12.5 Å². The van der Waals surface area contributed by atoms with E-state index in [0.29, 0.717) is 6.54 Å². The van der Waals surface area contributed by atoms with Crippen LogP contribution in [0.3, 0.4) is 0 Å². The molecule has 6 nitrogen and oxygen atoms in total. The normalized spacial score (nSPS) is 12.2. The van der Waals surface area contributed by atoms with E-state index in [0.717, 1.165) is 25.7 Å². The lowest BCUT2D eigenvalue weighted by Gasteiger charge is -2.20. The molecule has 0 saturated carbocycles. The molecular formula is C11H21N3O3S. The SMILES string of the molecule is CCCCCCN(CCO)S(=O)(=O)c1ccn[nH]1. The van der Waals surface area contributed by atoms with Crippen molar-refractivity contribution >= 4 is 10.0 Å². The molecule has 7 heteroatoms. The van der Waals surface area contributed by atoms with Crippen LogP contribution >= 0.6 is 0 Å². The van der Waals surface area contributed by atoms with Crippen molar-refractivity contribution < 1.29 is 13.5 Å². The highest BCUT2D eigenvalue weighted by molar-refractivity contribution is 7.89. The zero-order valence-corrected chi connectivity index (χ0v) is 11.5. The summed E-state index contributed by atoms with van der Waals surface area (Å²) in [6, 6.07) is 1.42. The molecule has 1 rings (SSSR count). The molecule has 104 valence electrons. The van der Waals surface area contributed by atoms with Crippen LogP contribution in [-0.4, -0.2) is 47.7 Å². The standard InChI is InChI=1S/C11H21N3O3S/c1-2-3-4-5-8-14(9-10-15)18(16,17)11-6-7-12-13-11/h6-7,15H,2-5,8-10H2,1H3,(H,12,13). The fourth-order valence-electron chi connectivity index (χ4n) is 1.70. The Bertz CT molecular complexity index is 417. The highest BCUT2D eigenvalue weighted by Gasteiger charge is 2.24. The zero-order chi connectivity index (χ0) is 13.4. The van der Waals surface area contributed by atoms with E-state index in [1.807, 2.05) is 0 Å². The molecule has 1 aromatic rings. The van der Waals surface area contributed by atoms with E-state index >= 15 is 0 Å². The number of rotatable bonds is 9. The Morgan fingerprint density at radius 3 is 2.67 bits per heavy atom. The van der Waals surface area contributed by atoms with E-state index in [2.05, 4.69) is 17.1 Å². The Morgan fingerprint density at radius 1 is 1.33 bits per heavy atom. The summed E-state index contributed by atoms with van der Waals surface area (Å²) in [5, 5.41) is 15.1. The lowest BCUT2D eigenvalue weighted by Crippen LogP contribution is -2.34. The number of hydrogen-bond donors (Lipinski definition) is 2. The van der Waals surface area contributed by atoms with Gasteiger partial charge in [0.25, 0.3) is 10.0 Å². The first-order valence-corrected chi connectivity index (χ1v) is 7.67. The molecule has 1 heterocycles. The lowest BCUT2D eigenvalue weighted by molar-refractivity contribution is 0.251. The second-order valence-corrected chi connectivity index (χ2v) is 6.02. The number of hydrogen-bond acceptors (Lipinski definition) is 4. The largest absolute Gasteiger partial charge is 0.395 e. The van der Waals surface area contributed by atoms with Crippen molar-refractivity contribution in [1.29, 1.82) is 0 Å². The van der Waals surface area contributed by atoms with Crippen LogP contribution in [0.2, 0.25) is 0 Å². The minimum Gasteiger partial charge on any atom is -0.395 e. The molecule has 0 radical (unpaired) electrons. The third kappa shape index (κ3) is 4.08. The maximum Gasteiger partial charge on any atom is 0.260 e. The van der Waals surface area contributed by atoms with Crippen LogP contribution in [-0.2, 0) is 10.0 Å². The number of unbranched alkanes of at least 4 members (excludes halogenated alkanes) is 3. The second kappa shape index (κ2) is 7.50. The average molecular weight is 275 g/mol. The Balaban J connectivity index is 2.66. The summed E-state index contributed by atoms with van der Waals surface area (Å²) >= 11 is 0. The molecule has 0 aliphatic heterocycles. The first-order chi connectivity index (χ1) is 8.62. The maximum absolute atomic E-state index is 12.2. The molecule has 0 unspecified atom stereocenters. The summed E-state index contributed by atoms with van der Waals surface area (Å²) in [5.74, 6) is 0. The summed E-state index contributed by atoms with van der Waals surface area (Å²) in [6.45, 7) is 2.48. The van der Waals surface area contributed by atoms with Gasteiger partial charge in [0.05, 0.1) is 12.8 Å². The molecule has 0 atom stereocenters. The molecular weight excluding hydrogens is 254 g/mol. The number of aliphatic hydroxyl groups is 1. The van der Waals surface area contributed by atoms with Crippen LogP contribution in [0.4, 0.5) is 0 Å². The summed E-state index contributed by atoms with van der Waals surface area (Å²) < 4.78 is 25.7. The van der Waals surface area contributed by atoms with Crippen LogP contribution in [0.25, 0.3) is 0 Å². The number of H-pyrrole nitrogens is 1. The molecule has 0 fully saturated rings. The van der Waals surface area contributed by atoms with Crippen molar-refractivity contribution in [2.45, 2.75) is 37.6 Å². The summed E-state index contributed by atoms with van der Waals surface area (Å²) in [6.07, 6.45) is 5.41. The highest BCUT2D eigenvalue weighted by atomic mass is 32.2. The van der Waals surface area contributed by atoms with Crippen LogP contribution < -0.4 is 0 Å². The fourth-order valence-corrected chi connectivity index (χ4v) is 3.08. The third-order valence-corrected chi connectivity index (χ3v) is 4.53. The minimum absolute atomic E-state index is 0.0754. The van der Waals surface area contributed by atoms with Crippen molar-refractivity contribution in [2.24, 2.45) is 0 Å². The van der Waals surface area contributed by atoms with E-state index < -0.39 is 10.0 Å². The average Bonchev–Trinajstić information content (AvgIpc) is 2.87. The van der Waals surface area contributed by atoms with Gasteiger partial charge in [0.15, 0.2) is 5.03 Å². The van der Waals surface area contributed by atoms with Gasteiger partial charge in [0.2, 0.25) is 0 Å². The van der Waals surface area contributed by atoms with Gasteiger partial charge in [-0.1, -0.05) is 26.2 Å². The number of nitrogens with one attached hydrogen (secondary N) is 1. The van der Waals surface area contributed by atoms with Crippen LogP contribution in [0.1, 0.15) is 32.6 Å². The number of sulfonamides is 1. The Kier molecular flexibility index (Phi) is 6.31. The van der Waals surface area contributed by atoms with Crippen molar-refractivity contribution in [3.63, 3.8) is 0 Å². The summed E-state index contributed by atoms with van der Waals surface area (Å²) in [7, 11) is -3.55. The first-order valence-electron chi connectivity index (χ1n) is 6.23. The second-order valence-electron chi connectivity index (χ2n) is 4.11. The smallest absolute Gasteiger partial charge is 0.260 e. The Hall–Kier alpha value is -0.920. The van der Waals surface area contributed by atoms with E-state index in [1.54, 1.807) is 0 Å². The van der Waals surface area contributed by atoms with Gasteiger partial charge in [-0.15, -0.1) is 0 Å². The summed E-state index contributed by atoms with van der Waals surface area (Å²) in [5.41, 5.74) is 0. The van der Waals surface area contributed by atoms with Crippen molar-refractivity contribution in [1.82, 2.24) is 14.5 Å². The Morgan fingerprint density at radius 2 is 2.11 bits per heavy atom. The topological polar surface area (TPSA) is 86.3 Å². The monoisotopic (exact) mass is 275 g/mol. The van der Waals surface area contributed by atoms with E-state index in [-0.39, 0.29) is 18.2 Å². The van der Waals surface area contributed by atoms with E-state index in [1.165, 1.54) is 16.6 Å². The summed E-state index contributed by atoms with van der Waals surface area (Å²) in [4.78, 5) is 0. The first kappa shape index (κ1) is 15.1. The molecule has 0 saturated heterocycles. The molecule has 0 aliphatic rings. The number of nitrogens with zero attached hydrogens (tertiary/aromatic N) is 2. The molecule has 0 aromatic carbocycles. The predicted molar refractivity (Wildman–Crippen MR) is 68.6 cm³/mol. The van der Waals surface area contributed by atoms with Gasteiger partial charge >= 0.3 is 0 Å². The van der Waals surface area contributed by atoms with E-state index in [4.69, 9.17) is 5.11 Å². The fraction of sp³-hybridized carbons (Fsp3) is 0.727. The molecule has 0 amide bonds. The number of aromatic nitrogens is 2. The van der Waals surface area contributed by atoms with Gasteiger partial charge in [0.1, 0.15) is 0 Å². The quantitative estimate of drug-likeness (QED) is 0.658. The van der Waals surface area contributed by atoms with Crippen LogP contribution in [0.5, 0.6) is 0 Å². The molecule has 18 heavy (non-hydrogen) atoms. The molecule has 0 aliphatic carbocycles. The molecule has 1 aromatic heterocycles. The zero-order valence-electron chi connectivity index (χ0n) is 10.7. The van der Waals surface area contributed by atoms with Crippen molar-refractivity contribution in [2.75, 3.05) is 19.7 Å². The van der Waals surface area contributed by atoms with Gasteiger partial charge in [0, 0.05) is 13.1 Å². The highest BCUT2D eigenvalue weighted by Crippen LogP contribution is 2.13. The Labute approximate surface area is 108 Å². The van der Waals surface area contributed by atoms with Gasteiger partial charge < -0.3 is 5.11 Å². The van der Waals surface area contributed by atoms with Crippen LogP contribution in [0, 0.1) is 0 Å². The molecule has 0 spiro atoms. The number of aliphatic hydroxyl groups excluding tert-OH is 1.